The first-order valence-corrected chi connectivity index (χ1v) is 9.92. The Morgan fingerprint density at radius 3 is 2.00 bits per heavy atom. The number of amides is 2. The van der Waals surface area contributed by atoms with E-state index in [1.165, 1.54) is 7.11 Å². The SMILES string of the molecule is COC(=O)C(CN1CCC=C(Br)C1)N(C(=O)OC(C)(C)C)C(=O)OC(C)(C)C. The number of halogens is 1. The molecule has 0 saturated heterocycles. The van der Waals surface area contributed by atoms with Crippen molar-refractivity contribution in [2.45, 2.75) is 65.2 Å². The molecule has 2 amide bonds. The van der Waals surface area contributed by atoms with Gasteiger partial charge in [0.05, 0.1) is 7.11 Å². The van der Waals surface area contributed by atoms with E-state index in [2.05, 4.69) is 15.9 Å². The van der Waals surface area contributed by atoms with Gasteiger partial charge in [-0.2, -0.15) is 4.90 Å². The van der Waals surface area contributed by atoms with Gasteiger partial charge in [-0.05, 0) is 48.0 Å². The van der Waals surface area contributed by atoms with Crippen LogP contribution in [-0.2, 0) is 19.0 Å². The Labute approximate surface area is 175 Å². The third-order valence-corrected chi connectivity index (χ3v) is 4.16. The Morgan fingerprint density at radius 2 is 1.61 bits per heavy atom. The van der Waals surface area contributed by atoms with Crippen molar-refractivity contribution in [3.05, 3.63) is 10.6 Å². The van der Waals surface area contributed by atoms with Crippen LogP contribution in [0.1, 0.15) is 48.0 Å². The number of carbonyl (C=O) groups excluding carboxylic acids is 3. The van der Waals surface area contributed by atoms with E-state index in [9.17, 15) is 14.4 Å². The van der Waals surface area contributed by atoms with Crippen molar-refractivity contribution in [2.75, 3.05) is 26.7 Å². The van der Waals surface area contributed by atoms with E-state index >= 15 is 0 Å². The predicted molar refractivity (Wildman–Crippen MR) is 108 cm³/mol. The summed E-state index contributed by atoms with van der Waals surface area (Å²) in [6.07, 6.45) is 0.920. The van der Waals surface area contributed by atoms with Crippen molar-refractivity contribution in [3.8, 4) is 0 Å². The van der Waals surface area contributed by atoms with Gasteiger partial charge in [0.1, 0.15) is 11.2 Å². The van der Waals surface area contributed by atoms with Gasteiger partial charge in [0, 0.05) is 24.1 Å². The molecule has 0 aromatic heterocycles. The molecule has 1 aliphatic heterocycles. The molecule has 0 bridgehead atoms. The first-order chi connectivity index (χ1) is 12.7. The molecular weight excluding hydrogens is 432 g/mol. The quantitative estimate of drug-likeness (QED) is 0.465. The summed E-state index contributed by atoms with van der Waals surface area (Å²) in [6.45, 7) is 11.4. The number of esters is 1. The van der Waals surface area contributed by atoms with Crippen LogP contribution >= 0.6 is 15.9 Å². The summed E-state index contributed by atoms with van der Waals surface area (Å²) in [5.41, 5.74) is -1.70. The third-order valence-electron chi connectivity index (χ3n) is 3.58. The van der Waals surface area contributed by atoms with E-state index < -0.39 is 35.4 Å². The Hall–Kier alpha value is -1.61. The van der Waals surface area contributed by atoms with Crippen molar-refractivity contribution >= 4 is 34.1 Å². The van der Waals surface area contributed by atoms with E-state index in [0.29, 0.717) is 18.0 Å². The lowest BCUT2D eigenvalue weighted by atomic mass is 10.2. The van der Waals surface area contributed by atoms with E-state index in [4.69, 9.17) is 14.2 Å². The molecule has 9 heteroatoms. The Balaban J connectivity index is 3.20. The first-order valence-electron chi connectivity index (χ1n) is 9.13. The Bertz CT molecular complexity index is 593. The van der Waals surface area contributed by atoms with Gasteiger partial charge < -0.3 is 14.2 Å². The third kappa shape index (κ3) is 8.18. The highest BCUT2D eigenvalue weighted by Crippen LogP contribution is 2.20. The van der Waals surface area contributed by atoms with Crippen LogP contribution in [0.3, 0.4) is 0 Å². The van der Waals surface area contributed by atoms with Gasteiger partial charge in [-0.15, -0.1) is 0 Å². The maximum atomic E-state index is 12.8. The molecule has 0 radical (unpaired) electrons. The zero-order chi connectivity index (χ0) is 21.7. The summed E-state index contributed by atoms with van der Waals surface area (Å²) in [4.78, 5) is 40.8. The fourth-order valence-corrected chi connectivity index (χ4v) is 3.09. The summed E-state index contributed by atoms with van der Waals surface area (Å²) >= 11 is 3.45. The van der Waals surface area contributed by atoms with Gasteiger partial charge in [0.25, 0.3) is 0 Å². The van der Waals surface area contributed by atoms with Gasteiger partial charge in [0.2, 0.25) is 0 Å². The zero-order valence-electron chi connectivity index (χ0n) is 17.7. The molecule has 28 heavy (non-hydrogen) atoms. The molecular formula is C19H31BrN2O6. The number of hydrogen-bond acceptors (Lipinski definition) is 7. The number of carbonyl (C=O) groups is 3. The molecule has 1 rings (SSSR count). The second-order valence-corrected chi connectivity index (χ2v) is 9.56. The zero-order valence-corrected chi connectivity index (χ0v) is 19.3. The number of methoxy groups -OCH3 is 1. The van der Waals surface area contributed by atoms with E-state index in [1.807, 2.05) is 11.0 Å². The molecule has 0 saturated carbocycles. The van der Waals surface area contributed by atoms with Crippen LogP contribution in [0.15, 0.2) is 10.6 Å². The molecule has 1 aliphatic rings. The lowest BCUT2D eigenvalue weighted by Gasteiger charge is -2.35. The van der Waals surface area contributed by atoms with Crippen LogP contribution in [0.5, 0.6) is 0 Å². The van der Waals surface area contributed by atoms with E-state index in [0.717, 1.165) is 10.9 Å². The molecule has 8 nitrogen and oxygen atoms in total. The normalized spacial score (nSPS) is 16.6. The summed E-state index contributed by atoms with van der Waals surface area (Å²) in [6, 6.07) is -1.20. The smallest absolute Gasteiger partial charge is 0.420 e. The molecule has 1 heterocycles. The molecule has 0 aromatic rings. The highest BCUT2D eigenvalue weighted by atomic mass is 79.9. The standard InChI is InChI=1S/C19H31BrN2O6/c1-18(2,3)27-16(24)22(17(25)28-19(4,5)6)14(15(23)26-7)12-21-10-8-9-13(20)11-21/h9,14H,8,10-12H2,1-7H3. The van der Waals surface area contributed by atoms with Gasteiger partial charge in [-0.3, -0.25) is 4.90 Å². The minimum absolute atomic E-state index is 0.105. The van der Waals surface area contributed by atoms with Crippen molar-refractivity contribution in [1.29, 1.82) is 0 Å². The van der Waals surface area contributed by atoms with Crippen molar-refractivity contribution in [2.24, 2.45) is 0 Å². The molecule has 1 atom stereocenters. The Kier molecular flexibility index (Phi) is 8.49. The number of imide groups is 1. The van der Waals surface area contributed by atoms with Crippen LogP contribution < -0.4 is 0 Å². The summed E-state index contributed by atoms with van der Waals surface area (Å²) < 4.78 is 16.6. The molecule has 0 fully saturated rings. The van der Waals surface area contributed by atoms with Crippen molar-refractivity contribution in [1.82, 2.24) is 9.80 Å². The predicted octanol–water partition coefficient (Wildman–Crippen LogP) is 3.68. The van der Waals surface area contributed by atoms with Crippen LogP contribution in [0.2, 0.25) is 0 Å². The largest absolute Gasteiger partial charge is 0.467 e. The number of nitrogens with zero attached hydrogens (tertiary/aromatic N) is 2. The number of ether oxygens (including phenoxy) is 3. The maximum Gasteiger partial charge on any atom is 0.420 e. The summed E-state index contributed by atoms with van der Waals surface area (Å²) in [5, 5.41) is 0. The lowest BCUT2D eigenvalue weighted by Crippen LogP contribution is -2.56. The lowest BCUT2D eigenvalue weighted by molar-refractivity contribution is -0.147. The van der Waals surface area contributed by atoms with Gasteiger partial charge in [-0.1, -0.05) is 22.0 Å². The summed E-state index contributed by atoms with van der Waals surface area (Å²) in [5.74, 6) is -0.720. The minimum atomic E-state index is -1.20. The monoisotopic (exact) mass is 462 g/mol. The number of rotatable bonds is 4. The van der Waals surface area contributed by atoms with Crippen molar-refractivity contribution < 1.29 is 28.6 Å². The highest BCUT2D eigenvalue weighted by molar-refractivity contribution is 9.11. The van der Waals surface area contributed by atoms with Gasteiger partial charge >= 0.3 is 18.2 Å². The second kappa shape index (κ2) is 9.73. The molecule has 0 aromatic carbocycles. The molecule has 1 unspecified atom stereocenters. The topological polar surface area (TPSA) is 85.4 Å². The molecule has 0 aliphatic carbocycles. The molecule has 160 valence electrons. The van der Waals surface area contributed by atoms with Crippen molar-refractivity contribution in [3.63, 3.8) is 0 Å². The fraction of sp³-hybridized carbons (Fsp3) is 0.737. The van der Waals surface area contributed by atoms with Gasteiger partial charge in [0.15, 0.2) is 6.04 Å². The molecule has 0 spiro atoms. The average molecular weight is 463 g/mol. The van der Waals surface area contributed by atoms with Crippen LogP contribution in [0.4, 0.5) is 9.59 Å². The average Bonchev–Trinajstić information content (AvgIpc) is 2.50. The van der Waals surface area contributed by atoms with E-state index in [1.54, 1.807) is 41.5 Å². The minimum Gasteiger partial charge on any atom is -0.467 e. The van der Waals surface area contributed by atoms with E-state index in [-0.39, 0.29) is 6.54 Å². The van der Waals surface area contributed by atoms with Gasteiger partial charge in [-0.25, -0.2) is 14.4 Å². The van der Waals surface area contributed by atoms with Crippen LogP contribution in [0.25, 0.3) is 0 Å². The number of hydrogen-bond donors (Lipinski definition) is 0. The molecule has 0 N–H and O–H groups in total. The summed E-state index contributed by atoms with van der Waals surface area (Å²) in [7, 11) is 1.21. The highest BCUT2D eigenvalue weighted by Gasteiger charge is 2.41. The van der Waals surface area contributed by atoms with Crippen LogP contribution in [0, 0.1) is 0 Å². The Morgan fingerprint density at radius 1 is 1.11 bits per heavy atom. The fourth-order valence-electron chi connectivity index (χ4n) is 2.51. The second-order valence-electron chi connectivity index (χ2n) is 8.54. The first kappa shape index (κ1) is 24.4. The maximum absolute atomic E-state index is 12.8. The van der Waals surface area contributed by atoms with Crippen LogP contribution in [-0.4, -0.2) is 71.9 Å².